The number of hydrogen-bond donors (Lipinski definition) is 2. The average Bonchev–Trinajstić information content (AvgIpc) is 3.34. The van der Waals surface area contributed by atoms with Crippen molar-refractivity contribution < 1.29 is 4.79 Å². The lowest BCUT2D eigenvalue weighted by atomic mass is 9.97. The van der Waals surface area contributed by atoms with E-state index in [-0.39, 0.29) is 5.91 Å². The van der Waals surface area contributed by atoms with E-state index in [9.17, 15) is 4.79 Å². The predicted octanol–water partition coefficient (Wildman–Crippen LogP) is 2.82. The Bertz CT molecular complexity index is 927. The Labute approximate surface area is 165 Å². The van der Waals surface area contributed by atoms with Gasteiger partial charge < -0.3 is 10.6 Å². The van der Waals surface area contributed by atoms with Crippen LogP contribution in [0.5, 0.6) is 0 Å². The van der Waals surface area contributed by atoms with Crippen LogP contribution < -0.4 is 10.6 Å². The molecule has 0 radical (unpaired) electrons. The molecule has 0 aliphatic carbocycles. The van der Waals surface area contributed by atoms with Crippen molar-refractivity contribution in [3.63, 3.8) is 0 Å². The number of anilines is 1. The zero-order valence-electron chi connectivity index (χ0n) is 16.1. The molecule has 1 fully saturated rings. The number of carbonyl (C=O) groups is 1. The third-order valence-electron chi connectivity index (χ3n) is 5.15. The van der Waals surface area contributed by atoms with Gasteiger partial charge in [-0.3, -0.25) is 14.5 Å². The lowest BCUT2D eigenvalue weighted by Crippen LogP contribution is -2.16. The topological polar surface area (TPSA) is 71.8 Å². The molecule has 4 rings (SSSR count). The fraction of sp³-hybridized carbons (Fsp3) is 0.318. The van der Waals surface area contributed by atoms with Gasteiger partial charge >= 0.3 is 0 Å². The maximum absolute atomic E-state index is 12.5. The summed E-state index contributed by atoms with van der Waals surface area (Å²) in [5, 5.41) is 10.8. The molecule has 0 bridgehead atoms. The predicted molar refractivity (Wildman–Crippen MR) is 110 cm³/mol. The quantitative estimate of drug-likeness (QED) is 0.695. The first kappa shape index (κ1) is 18.4. The number of pyridine rings is 1. The summed E-state index contributed by atoms with van der Waals surface area (Å²) >= 11 is 0. The normalized spacial score (nSPS) is 16.2. The largest absolute Gasteiger partial charge is 0.316 e. The number of hydrogen-bond acceptors (Lipinski definition) is 4. The van der Waals surface area contributed by atoms with Crippen LogP contribution in [0.15, 0.2) is 54.7 Å². The van der Waals surface area contributed by atoms with Gasteiger partial charge in [0.25, 0.3) is 0 Å². The highest BCUT2D eigenvalue weighted by Crippen LogP contribution is 2.20. The molecule has 1 aromatic carbocycles. The SMILES string of the molecule is Cn1nc(-c2ccccn2)cc1NC(=O)Cc1ccc(CC2CCNC2)cc1. The number of aromatic nitrogens is 3. The molecule has 1 aliphatic heterocycles. The smallest absolute Gasteiger partial charge is 0.229 e. The first-order valence-corrected chi connectivity index (χ1v) is 9.71. The second kappa shape index (κ2) is 8.35. The van der Waals surface area contributed by atoms with E-state index in [2.05, 4.69) is 45.0 Å². The molecule has 144 valence electrons. The number of nitrogens with one attached hydrogen (secondary N) is 2. The monoisotopic (exact) mass is 375 g/mol. The number of carbonyl (C=O) groups excluding carboxylic acids is 1. The molecule has 3 aromatic rings. The van der Waals surface area contributed by atoms with Crippen molar-refractivity contribution in [1.29, 1.82) is 0 Å². The molecule has 1 aliphatic rings. The number of rotatable bonds is 6. The van der Waals surface area contributed by atoms with Crippen LogP contribution in [-0.2, 0) is 24.7 Å². The molecular weight excluding hydrogens is 350 g/mol. The van der Waals surface area contributed by atoms with Crippen LogP contribution in [-0.4, -0.2) is 33.8 Å². The highest BCUT2D eigenvalue weighted by atomic mass is 16.1. The Hall–Kier alpha value is -2.99. The van der Waals surface area contributed by atoms with E-state index in [1.54, 1.807) is 10.9 Å². The first-order chi connectivity index (χ1) is 13.7. The van der Waals surface area contributed by atoms with Gasteiger partial charge in [-0.1, -0.05) is 30.3 Å². The van der Waals surface area contributed by atoms with Gasteiger partial charge in [-0.15, -0.1) is 0 Å². The lowest BCUT2D eigenvalue weighted by Gasteiger charge is -2.09. The number of benzene rings is 1. The van der Waals surface area contributed by atoms with Crippen LogP contribution in [0.3, 0.4) is 0 Å². The summed E-state index contributed by atoms with van der Waals surface area (Å²) in [6, 6.07) is 15.9. The van der Waals surface area contributed by atoms with E-state index in [0.717, 1.165) is 42.4 Å². The highest BCUT2D eigenvalue weighted by molar-refractivity contribution is 5.92. The minimum Gasteiger partial charge on any atom is -0.316 e. The Kier molecular flexibility index (Phi) is 5.48. The fourth-order valence-corrected chi connectivity index (χ4v) is 3.61. The molecule has 2 aromatic heterocycles. The van der Waals surface area contributed by atoms with Crippen molar-refractivity contribution in [2.45, 2.75) is 19.3 Å². The molecule has 0 saturated carbocycles. The Morgan fingerprint density at radius 3 is 2.71 bits per heavy atom. The van der Waals surface area contributed by atoms with E-state index in [1.165, 1.54) is 12.0 Å². The summed E-state index contributed by atoms with van der Waals surface area (Å²) in [7, 11) is 1.81. The van der Waals surface area contributed by atoms with E-state index in [4.69, 9.17) is 0 Å². The number of amides is 1. The third kappa shape index (κ3) is 4.46. The molecule has 1 unspecified atom stereocenters. The van der Waals surface area contributed by atoms with Crippen LogP contribution in [0.2, 0.25) is 0 Å². The molecule has 2 N–H and O–H groups in total. The van der Waals surface area contributed by atoms with Gasteiger partial charge in [0, 0.05) is 19.3 Å². The van der Waals surface area contributed by atoms with Gasteiger partial charge in [-0.05, 0) is 55.1 Å². The van der Waals surface area contributed by atoms with Crippen molar-refractivity contribution in [1.82, 2.24) is 20.1 Å². The van der Waals surface area contributed by atoms with E-state index < -0.39 is 0 Å². The zero-order chi connectivity index (χ0) is 19.3. The van der Waals surface area contributed by atoms with Crippen molar-refractivity contribution in [3.8, 4) is 11.4 Å². The molecule has 6 nitrogen and oxygen atoms in total. The molecule has 6 heteroatoms. The summed E-state index contributed by atoms with van der Waals surface area (Å²) < 4.78 is 1.67. The van der Waals surface area contributed by atoms with Crippen LogP contribution in [0.4, 0.5) is 5.82 Å². The van der Waals surface area contributed by atoms with E-state index in [1.807, 2.05) is 31.3 Å². The summed E-state index contributed by atoms with van der Waals surface area (Å²) in [5.74, 6) is 1.34. The van der Waals surface area contributed by atoms with Gasteiger partial charge in [-0.2, -0.15) is 5.10 Å². The summed E-state index contributed by atoms with van der Waals surface area (Å²) in [6.45, 7) is 2.23. The van der Waals surface area contributed by atoms with Crippen LogP contribution in [0.25, 0.3) is 11.4 Å². The van der Waals surface area contributed by atoms with Gasteiger partial charge in [-0.25, -0.2) is 0 Å². The minimum atomic E-state index is -0.0525. The zero-order valence-corrected chi connectivity index (χ0v) is 16.1. The lowest BCUT2D eigenvalue weighted by molar-refractivity contribution is -0.115. The molecule has 1 atom stereocenters. The van der Waals surface area contributed by atoms with Gasteiger partial charge in [0.05, 0.1) is 12.1 Å². The minimum absolute atomic E-state index is 0.0525. The van der Waals surface area contributed by atoms with E-state index >= 15 is 0 Å². The summed E-state index contributed by atoms with van der Waals surface area (Å²) in [4.78, 5) is 16.8. The molecule has 0 spiro atoms. The van der Waals surface area contributed by atoms with Crippen LogP contribution in [0, 0.1) is 5.92 Å². The highest BCUT2D eigenvalue weighted by Gasteiger charge is 2.15. The Balaban J connectivity index is 1.36. The second-order valence-electron chi connectivity index (χ2n) is 7.36. The van der Waals surface area contributed by atoms with Gasteiger partial charge in [0.2, 0.25) is 5.91 Å². The van der Waals surface area contributed by atoms with Gasteiger partial charge in [0.15, 0.2) is 0 Å². The standard InChI is InChI=1S/C22H25N5O/c1-27-21(14-20(26-27)19-4-2-3-10-24-19)25-22(28)13-17-7-5-16(6-8-17)12-18-9-11-23-15-18/h2-8,10,14,18,23H,9,11-13,15H2,1H3,(H,25,28). The summed E-state index contributed by atoms with van der Waals surface area (Å²) in [6.07, 6.45) is 4.42. The molecule has 3 heterocycles. The van der Waals surface area contributed by atoms with Crippen molar-refractivity contribution in [3.05, 3.63) is 65.9 Å². The maximum atomic E-state index is 12.5. The molecule has 1 saturated heterocycles. The third-order valence-corrected chi connectivity index (χ3v) is 5.15. The molecular formula is C22H25N5O. The fourth-order valence-electron chi connectivity index (χ4n) is 3.61. The molecule has 1 amide bonds. The second-order valence-corrected chi connectivity index (χ2v) is 7.36. The number of nitrogens with zero attached hydrogens (tertiary/aromatic N) is 3. The van der Waals surface area contributed by atoms with Crippen molar-refractivity contribution in [2.24, 2.45) is 13.0 Å². The Morgan fingerprint density at radius 2 is 2.00 bits per heavy atom. The van der Waals surface area contributed by atoms with Crippen molar-refractivity contribution in [2.75, 3.05) is 18.4 Å². The van der Waals surface area contributed by atoms with Crippen LogP contribution >= 0.6 is 0 Å². The van der Waals surface area contributed by atoms with Crippen LogP contribution in [0.1, 0.15) is 17.5 Å². The average molecular weight is 375 g/mol. The van der Waals surface area contributed by atoms with Crippen molar-refractivity contribution >= 4 is 11.7 Å². The van der Waals surface area contributed by atoms with Gasteiger partial charge in [0.1, 0.15) is 11.5 Å². The maximum Gasteiger partial charge on any atom is 0.229 e. The number of aryl methyl sites for hydroxylation is 1. The van der Waals surface area contributed by atoms with E-state index in [0.29, 0.717) is 12.2 Å². The summed E-state index contributed by atoms with van der Waals surface area (Å²) in [5.41, 5.74) is 3.87. The molecule has 28 heavy (non-hydrogen) atoms. The first-order valence-electron chi connectivity index (χ1n) is 9.71. The Morgan fingerprint density at radius 1 is 1.18 bits per heavy atom.